The van der Waals surface area contributed by atoms with Crippen LogP contribution in [0, 0.1) is 0 Å². The van der Waals surface area contributed by atoms with Gasteiger partial charge >= 0.3 is 5.63 Å². The van der Waals surface area contributed by atoms with Crippen LogP contribution in [0.2, 0.25) is 0 Å². The number of ether oxygens (including phenoxy) is 1. The van der Waals surface area contributed by atoms with Gasteiger partial charge in [-0.05, 0) is 43.0 Å². The van der Waals surface area contributed by atoms with Gasteiger partial charge in [0, 0.05) is 11.5 Å². The van der Waals surface area contributed by atoms with Crippen LogP contribution in [0.25, 0.3) is 22.1 Å². The fraction of sp³-hybridized carbons (Fsp3) is 0.190. The van der Waals surface area contributed by atoms with Crippen molar-refractivity contribution in [2.45, 2.75) is 19.3 Å². The molecule has 0 unspecified atom stereocenters. The minimum Gasteiger partial charge on any atom is -0.493 e. The van der Waals surface area contributed by atoms with Crippen LogP contribution in [0.3, 0.4) is 0 Å². The molecule has 3 nitrogen and oxygen atoms in total. The Labute approximate surface area is 141 Å². The molecule has 0 atom stereocenters. The second-order valence-electron chi connectivity index (χ2n) is 5.65. The highest BCUT2D eigenvalue weighted by atomic mass is 16.5. The topological polar surface area (TPSA) is 39.4 Å². The molecule has 0 aliphatic heterocycles. The zero-order valence-corrected chi connectivity index (χ0v) is 13.5. The largest absolute Gasteiger partial charge is 0.493 e. The Morgan fingerprint density at radius 3 is 2.67 bits per heavy atom. The van der Waals surface area contributed by atoms with E-state index >= 15 is 0 Å². The van der Waals surface area contributed by atoms with Crippen molar-refractivity contribution in [3.8, 4) is 16.9 Å². The molecule has 0 amide bonds. The van der Waals surface area contributed by atoms with Crippen molar-refractivity contribution in [3.05, 3.63) is 77.7 Å². The highest BCUT2D eigenvalue weighted by Gasteiger charge is 2.08. The summed E-state index contributed by atoms with van der Waals surface area (Å²) in [5.74, 6) is 0.719. The molecule has 1 aromatic heterocycles. The van der Waals surface area contributed by atoms with Gasteiger partial charge in [-0.2, -0.15) is 0 Å². The van der Waals surface area contributed by atoms with E-state index in [0.717, 1.165) is 36.0 Å². The van der Waals surface area contributed by atoms with Gasteiger partial charge in [-0.15, -0.1) is 6.58 Å². The molecule has 0 saturated carbocycles. The molecule has 3 rings (SSSR count). The lowest BCUT2D eigenvalue weighted by Gasteiger charge is -2.07. The maximum absolute atomic E-state index is 12.3. The summed E-state index contributed by atoms with van der Waals surface area (Å²) in [6, 6.07) is 17.0. The van der Waals surface area contributed by atoms with Crippen LogP contribution in [0.15, 0.2) is 76.5 Å². The van der Waals surface area contributed by atoms with Crippen LogP contribution in [0.4, 0.5) is 0 Å². The lowest BCUT2D eigenvalue weighted by molar-refractivity contribution is 0.307. The summed E-state index contributed by atoms with van der Waals surface area (Å²) in [6.45, 7) is 4.35. The number of benzene rings is 2. The summed E-state index contributed by atoms with van der Waals surface area (Å²) in [5.41, 5.74) is 1.64. The summed E-state index contributed by atoms with van der Waals surface area (Å²) >= 11 is 0. The molecule has 122 valence electrons. The summed E-state index contributed by atoms with van der Waals surface area (Å²) in [6.07, 6.45) is 4.95. The fourth-order valence-electron chi connectivity index (χ4n) is 2.58. The predicted octanol–water partition coefficient (Wildman–Crippen LogP) is 5.20. The molecule has 0 aliphatic carbocycles. The van der Waals surface area contributed by atoms with Crippen molar-refractivity contribution in [2.75, 3.05) is 6.61 Å². The van der Waals surface area contributed by atoms with Crippen molar-refractivity contribution < 1.29 is 9.15 Å². The average Bonchev–Trinajstić information content (AvgIpc) is 2.61. The summed E-state index contributed by atoms with van der Waals surface area (Å²) in [4.78, 5) is 12.3. The van der Waals surface area contributed by atoms with Gasteiger partial charge in [0.25, 0.3) is 0 Å². The molecule has 3 aromatic rings. The molecular weight excluding hydrogens is 300 g/mol. The van der Waals surface area contributed by atoms with Crippen LogP contribution in [-0.2, 0) is 0 Å². The van der Waals surface area contributed by atoms with Gasteiger partial charge in [0.2, 0.25) is 0 Å². The number of rotatable bonds is 7. The third kappa shape index (κ3) is 3.74. The predicted molar refractivity (Wildman–Crippen MR) is 97.5 cm³/mol. The first kappa shape index (κ1) is 16.1. The average molecular weight is 320 g/mol. The van der Waals surface area contributed by atoms with Gasteiger partial charge in [0.15, 0.2) is 0 Å². The summed E-state index contributed by atoms with van der Waals surface area (Å²) < 4.78 is 11.2. The maximum atomic E-state index is 12.3. The number of hydrogen-bond donors (Lipinski definition) is 0. The zero-order chi connectivity index (χ0) is 16.8. The van der Waals surface area contributed by atoms with Crippen LogP contribution < -0.4 is 10.4 Å². The number of fused-ring (bicyclic) bond motifs is 1. The van der Waals surface area contributed by atoms with E-state index in [-0.39, 0.29) is 5.63 Å². The standard InChI is InChI=1S/C21H20O3/c1-2-3-4-8-13-23-18-12-11-17-14-19(16-9-6-5-7-10-16)21(22)24-20(17)15-18/h2,5-7,9-12,14-15H,1,3-4,8,13H2. The molecule has 0 bridgehead atoms. The van der Waals surface area contributed by atoms with E-state index in [9.17, 15) is 4.79 Å². The van der Waals surface area contributed by atoms with Crippen LogP contribution >= 0.6 is 0 Å². The van der Waals surface area contributed by atoms with Crippen LogP contribution in [0.1, 0.15) is 19.3 Å². The van der Waals surface area contributed by atoms with E-state index in [2.05, 4.69) is 6.58 Å². The first-order chi connectivity index (χ1) is 11.8. The van der Waals surface area contributed by atoms with E-state index in [1.54, 1.807) is 6.07 Å². The molecule has 3 heteroatoms. The van der Waals surface area contributed by atoms with Crippen LogP contribution in [0.5, 0.6) is 5.75 Å². The zero-order valence-electron chi connectivity index (χ0n) is 13.5. The summed E-state index contributed by atoms with van der Waals surface area (Å²) in [7, 11) is 0. The molecule has 0 N–H and O–H groups in total. The molecule has 0 saturated heterocycles. The van der Waals surface area contributed by atoms with Gasteiger partial charge in [0.05, 0.1) is 12.2 Å². The quantitative estimate of drug-likeness (QED) is 0.341. The van der Waals surface area contributed by atoms with E-state index in [1.165, 1.54) is 0 Å². The van der Waals surface area contributed by atoms with Gasteiger partial charge in [-0.1, -0.05) is 36.4 Å². The minimum atomic E-state index is -0.336. The first-order valence-electron chi connectivity index (χ1n) is 8.15. The van der Waals surface area contributed by atoms with Crippen LogP contribution in [-0.4, -0.2) is 6.61 Å². The Balaban J connectivity index is 1.81. The lowest BCUT2D eigenvalue weighted by Crippen LogP contribution is -2.03. The molecule has 0 spiro atoms. The Kier molecular flexibility index (Phi) is 5.12. The van der Waals surface area contributed by atoms with Crippen molar-refractivity contribution in [3.63, 3.8) is 0 Å². The monoisotopic (exact) mass is 320 g/mol. The van der Waals surface area contributed by atoms with E-state index in [0.29, 0.717) is 17.8 Å². The van der Waals surface area contributed by atoms with Gasteiger partial charge < -0.3 is 9.15 Å². The first-order valence-corrected chi connectivity index (χ1v) is 8.15. The van der Waals surface area contributed by atoms with Crippen molar-refractivity contribution in [1.82, 2.24) is 0 Å². The third-order valence-corrected chi connectivity index (χ3v) is 3.86. The molecule has 24 heavy (non-hydrogen) atoms. The fourth-order valence-corrected chi connectivity index (χ4v) is 2.58. The number of allylic oxidation sites excluding steroid dienone is 1. The van der Waals surface area contributed by atoms with E-state index in [1.807, 2.05) is 54.6 Å². The molecule has 2 aromatic carbocycles. The minimum absolute atomic E-state index is 0.336. The second-order valence-corrected chi connectivity index (χ2v) is 5.65. The highest BCUT2D eigenvalue weighted by Crippen LogP contribution is 2.24. The smallest absolute Gasteiger partial charge is 0.344 e. The molecule has 0 aliphatic rings. The van der Waals surface area contributed by atoms with Crippen molar-refractivity contribution >= 4 is 11.0 Å². The SMILES string of the molecule is C=CCCCCOc1ccc2cc(-c3ccccc3)c(=O)oc2c1. The van der Waals surface area contributed by atoms with E-state index in [4.69, 9.17) is 9.15 Å². The van der Waals surface area contributed by atoms with Crippen molar-refractivity contribution in [2.24, 2.45) is 0 Å². The Bertz CT molecular complexity index is 878. The lowest BCUT2D eigenvalue weighted by atomic mass is 10.1. The van der Waals surface area contributed by atoms with E-state index < -0.39 is 0 Å². The molecule has 0 radical (unpaired) electrons. The summed E-state index contributed by atoms with van der Waals surface area (Å²) in [5, 5.41) is 0.882. The van der Waals surface area contributed by atoms with Gasteiger partial charge in [-0.3, -0.25) is 0 Å². The maximum Gasteiger partial charge on any atom is 0.344 e. The van der Waals surface area contributed by atoms with Crippen molar-refractivity contribution in [1.29, 1.82) is 0 Å². The van der Waals surface area contributed by atoms with Gasteiger partial charge in [0.1, 0.15) is 11.3 Å². The third-order valence-electron chi connectivity index (χ3n) is 3.86. The normalized spacial score (nSPS) is 10.7. The Morgan fingerprint density at radius 1 is 1.04 bits per heavy atom. The highest BCUT2D eigenvalue weighted by molar-refractivity contribution is 5.82. The Hall–Kier alpha value is -2.81. The molecular formula is C21H20O3. The number of unbranched alkanes of at least 4 members (excludes halogenated alkanes) is 2. The second kappa shape index (κ2) is 7.64. The Morgan fingerprint density at radius 2 is 1.88 bits per heavy atom. The number of hydrogen-bond acceptors (Lipinski definition) is 3. The molecule has 0 fully saturated rings. The van der Waals surface area contributed by atoms with Gasteiger partial charge in [-0.25, -0.2) is 4.79 Å². The molecule has 1 heterocycles.